The average Bonchev–Trinajstić information content (AvgIpc) is 3.10. The summed E-state index contributed by atoms with van der Waals surface area (Å²) in [6.07, 6.45) is 4.99. The van der Waals surface area contributed by atoms with Crippen molar-refractivity contribution in [1.82, 2.24) is 25.1 Å². The van der Waals surface area contributed by atoms with E-state index in [0.717, 1.165) is 37.3 Å². The van der Waals surface area contributed by atoms with Crippen molar-refractivity contribution in [1.29, 1.82) is 0 Å². The SMILES string of the molecule is CC(Nc1ccc(-n2cnnn2)cc1)C(=O)N1CCCCC1. The summed E-state index contributed by atoms with van der Waals surface area (Å²) in [6.45, 7) is 3.67. The molecule has 1 saturated heterocycles. The lowest BCUT2D eigenvalue weighted by atomic mass is 10.1. The standard InChI is InChI=1S/C15H20N6O/c1-12(15(22)20-9-3-2-4-10-20)17-13-5-7-14(8-6-13)21-11-16-18-19-21/h5-8,11-12,17H,2-4,9-10H2,1H3. The van der Waals surface area contributed by atoms with Crippen molar-refractivity contribution in [3.05, 3.63) is 30.6 Å². The molecule has 0 saturated carbocycles. The number of rotatable bonds is 4. The first-order valence-electron chi connectivity index (χ1n) is 7.63. The summed E-state index contributed by atoms with van der Waals surface area (Å²) in [7, 11) is 0. The predicted molar refractivity (Wildman–Crippen MR) is 82.7 cm³/mol. The molecule has 1 atom stereocenters. The Kier molecular flexibility index (Phi) is 4.32. The maximum Gasteiger partial charge on any atom is 0.244 e. The fourth-order valence-electron chi connectivity index (χ4n) is 2.69. The van der Waals surface area contributed by atoms with Crippen molar-refractivity contribution in [2.45, 2.75) is 32.2 Å². The molecule has 1 aliphatic heterocycles. The number of carbonyl (C=O) groups excluding carboxylic acids is 1. The van der Waals surface area contributed by atoms with Crippen LogP contribution in [0.4, 0.5) is 5.69 Å². The molecule has 1 aromatic heterocycles. The van der Waals surface area contributed by atoms with Crippen LogP contribution in [0.2, 0.25) is 0 Å². The zero-order valence-corrected chi connectivity index (χ0v) is 12.6. The van der Waals surface area contributed by atoms with Gasteiger partial charge in [0.2, 0.25) is 5.91 Å². The molecule has 22 heavy (non-hydrogen) atoms. The monoisotopic (exact) mass is 300 g/mol. The summed E-state index contributed by atoms with van der Waals surface area (Å²) in [6, 6.07) is 7.46. The summed E-state index contributed by atoms with van der Waals surface area (Å²) >= 11 is 0. The van der Waals surface area contributed by atoms with Crippen molar-refractivity contribution in [3.63, 3.8) is 0 Å². The number of carbonyl (C=O) groups is 1. The van der Waals surface area contributed by atoms with Gasteiger partial charge in [0.05, 0.1) is 5.69 Å². The van der Waals surface area contributed by atoms with Crippen LogP contribution in [0, 0.1) is 0 Å². The van der Waals surface area contributed by atoms with Crippen LogP contribution in [-0.4, -0.2) is 50.1 Å². The van der Waals surface area contributed by atoms with Crippen LogP contribution >= 0.6 is 0 Å². The Morgan fingerprint density at radius 1 is 1.18 bits per heavy atom. The van der Waals surface area contributed by atoms with Gasteiger partial charge in [-0.3, -0.25) is 4.79 Å². The number of benzene rings is 1. The number of nitrogens with one attached hydrogen (secondary N) is 1. The van der Waals surface area contributed by atoms with E-state index in [1.54, 1.807) is 11.0 Å². The lowest BCUT2D eigenvalue weighted by Gasteiger charge is -2.29. The van der Waals surface area contributed by atoms with Gasteiger partial charge >= 0.3 is 0 Å². The highest BCUT2D eigenvalue weighted by Crippen LogP contribution is 2.15. The number of aromatic nitrogens is 4. The second kappa shape index (κ2) is 6.55. The normalized spacial score (nSPS) is 16.3. The van der Waals surface area contributed by atoms with E-state index < -0.39 is 0 Å². The number of hydrogen-bond donors (Lipinski definition) is 1. The van der Waals surface area contributed by atoms with E-state index in [4.69, 9.17) is 0 Å². The maximum absolute atomic E-state index is 12.4. The molecule has 1 N–H and O–H groups in total. The Morgan fingerprint density at radius 3 is 2.55 bits per heavy atom. The van der Waals surface area contributed by atoms with Gasteiger partial charge in [-0.05, 0) is 60.9 Å². The summed E-state index contributed by atoms with van der Waals surface area (Å²) in [5.74, 6) is 0.171. The van der Waals surface area contributed by atoms with Crippen LogP contribution in [0.15, 0.2) is 30.6 Å². The summed E-state index contributed by atoms with van der Waals surface area (Å²) in [5.41, 5.74) is 1.79. The molecule has 0 spiro atoms. The lowest BCUT2D eigenvalue weighted by molar-refractivity contribution is -0.132. The summed E-state index contributed by atoms with van der Waals surface area (Å²) < 4.78 is 1.59. The molecule has 2 aromatic rings. The van der Waals surface area contributed by atoms with E-state index in [1.807, 2.05) is 36.1 Å². The first-order valence-corrected chi connectivity index (χ1v) is 7.63. The van der Waals surface area contributed by atoms with Gasteiger partial charge in [0.1, 0.15) is 12.4 Å². The number of tetrazole rings is 1. The highest BCUT2D eigenvalue weighted by Gasteiger charge is 2.21. The maximum atomic E-state index is 12.4. The predicted octanol–water partition coefficient (Wildman–Crippen LogP) is 1.48. The van der Waals surface area contributed by atoms with Crippen LogP contribution in [0.3, 0.4) is 0 Å². The van der Waals surface area contributed by atoms with Gasteiger partial charge in [-0.25, -0.2) is 4.68 Å². The fourth-order valence-corrected chi connectivity index (χ4v) is 2.69. The highest BCUT2D eigenvalue weighted by atomic mass is 16.2. The van der Waals surface area contributed by atoms with E-state index in [2.05, 4.69) is 20.8 Å². The molecule has 1 unspecified atom stereocenters. The molecular formula is C15H20N6O. The van der Waals surface area contributed by atoms with E-state index in [9.17, 15) is 4.79 Å². The van der Waals surface area contributed by atoms with Gasteiger partial charge in [0, 0.05) is 18.8 Å². The third-order valence-corrected chi connectivity index (χ3v) is 3.90. The number of likely N-dealkylation sites (tertiary alicyclic amines) is 1. The third kappa shape index (κ3) is 3.24. The minimum atomic E-state index is -0.225. The third-order valence-electron chi connectivity index (χ3n) is 3.90. The van der Waals surface area contributed by atoms with Crippen molar-refractivity contribution < 1.29 is 4.79 Å². The van der Waals surface area contributed by atoms with E-state index in [1.165, 1.54) is 6.42 Å². The van der Waals surface area contributed by atoms with Crippen molar-refractivity contribution in [2.75, 3.05) is 18.4 Å². The van der Waals surface area contributed by atoms with Gasteiger partial charge in [-0.2, -0.15) is 0 Å². The molecule has 0 radical (unpaired) electrons. The number of anilines is 1. The number of amides is 1. The van der Waals surface area contributed by atoms with Crippen LogP contribution < -0.4 is 5.32 Å². The fraction of sp³-hybridized carbons (Fsp3) is 0.467. The Bertz CT molecular complexity index is 603. The second-order valence-corrected chi connectivity index (χ2v) is 5.55. The Labute approximate surface area is 129 Å². The van der Waals surface area contributed by atoms with E-state index in [0.29, 0.717) is 0 Å². The van der Waals surface area contributed by atoms with Gasteiger partial charge in [-0.1, -0.05) is 0 Å². The first kappa shape index (κ1) is 14.5. The topological polar surface area (TPSA) is 75.9 Å². The molecule has 7 nitrogen and oxygen atoms in total. The number of nitrogens with zero attached hydrogens (tertiary/aromatic N) is 5. The highest BCUT2D eigenvalue weighted by molar-refractivity contribution is 5.84. The van der Waals surface area contributed by atoms with Gasteiger partial charge in [-0.15, -0.1) is 5.10 Å². The molecule has 1 amide bonds. The molecule has 0 aliphatic carbocycles. The molecular weight excluding hydrogens is 280 g/mol. The van der Waals surface area contributed by atoms with Crippen LogP contribution in [0.1, 0.15) is 26.2 Å². The smallest absolute Gasteiger partial charge is 0.244 e. The summed E-state index contributed by atoms with van der Waals surface area (Å²) in [4.78, 5) is 14.3. The van der Waals surface area contributed by atoms with Crippen LogP contribution in [0.25, 0.3) is 5.69 Å². The molecule has 2 heterocycles. The molecule has 7 heteroatoms. The van der Waals surface area contributed by atoms with Gasteiger partial charge in [0.25, 0.3) is 0 Å². The molecule has 1 aromatic carbocycles. The average molecular weight is 300 g/mol. The van der Waals surface area contributed by atoms with E-state index >= 15 is 0 Å². The lowest BCUT2D eigenvalue weighted by Crippen LogP contribution is -2.43. The molecule has 0 bridgehead atoms. The number of hydrogen-bond acceptors (Lipinski definition) is 5. The van der Waals surface area contributed by atoms with E-state index in [-0.39, 0.29) is 11.9 Å². The van der Waals surface area contributed by atoms with Crippen molar-refractivity contribution in [2.24, 2.45) is 0 Å². The summed E-state index contributed by atoms with van der Waals surface area (Å²) in [5, 5.41) is 14.3. The second-order valence-electron chi connectivity index (χ2n) is 5.55. The Hall–Kier alpha value is -2.44. The Balaban J connectivity index is 1.61. The Morgan fingerprint density at radius 2 is 1.91 bits per heavy atom. The largest absolute Gasteiger partial charge is 0.374 e. The first-order chi connectivity index (χ1) is 10.7. The molecule has 116 valence electrons. The minimum absolute atomic E-state index is 0.171. The minimum Gasteiger partial charge on any atom is -0.374 e. The van der Waals surface area contributed by atoms with Crippen molar-refractivity contribution >= 4 is 11.6 Å². The quantitative estimate of drug-likeness (QED) is 0.925. The van der Waals surface area contributed by atoms with Gasteiger partial charge in [0.15, 0.2) is 0 Å². The molecule has 1 fully saturated rings. The zero-order valence-electron chi connectivity index (χ0n) is 12.6. The molecule has 3 rings (SSSR count). The van der Waals surface area contributed by atoms with Gasteiger partial charge < -0.3 is 10.2 Å². The van der Waals surface area contributed by atoms with Crippen LogP contribution in [-0.2, 0) is 4.79 Å². The van der Waals surface area contributed by atoms with Crippen LogP contribution in [0.5, 0.6) is 0 Å². The molecule has 1 aliphatic rings. The zero-order chi connectivity index (χ0) is 15.4. The van der Waals surface area contributed by atoms with Crippen molar-refractivity contribution in [3.8, 4) is 5.69 Å². The number of piperidine rings is 1.